The molecule has 1 aliphatic rings. The Kier molecular flexibility index (Phi) is 4.11. The van der Waals surface area contributed by atoms with Gasteiger partial charge in [-0.3, -0.25) is 9.91 Å². The molecule has 2 aromatic carbocycles. The van der Waals surface area contributed by atoms with Gasteiger partial charge in [0.25, 0.3) is 5.82 Å². The van der Waals surface area contributed by atoms with Gasteiger partial charge >= 0.3 is 0 Å². The highest BCUT2D eigenvalue weighted by Crippen LogP contribution is 2.17. The second-order valence-corrected chi connectivity index (χ2v) is 6.00. The fourth-order valence-electron chi connectivity index (χ4n) is 3.14. The molecule has 24 heavy (non-hydrogen) atoms. The quantitative estimate of drug-likeness (QED) is 0.696. The van der Waals surface area contributed by atoms with Crippen LogP contribution in [0, 0.1) is 0 Å². The molecular formula is C20H21N4+. The van der Waals surface area contributed by atoms with Crippen molar-refractivity contribution in [3.05, 3.63) is 72.4 Å². The number of aromatic nitrogens is 1. The van der Waals surface area contributed by atoms with Gasteiger partial charge in [-0.05, 0) is 16.8 Å². The molecule has 4 heteroatoms. The molecule has 0 spiro atoms. The molecule has 1 N–H and O–H groups in total. The molecule has 1 aromatic heterocycles. The minimum Gasteiger partial charge on any atom is -0.289 e. The first-order chi connectivity index (χ1) is 11.9. The van der Waals surface area contributed by atoms with Crippen molar-refractivity contribution in [2.24, 2.45) is 5.10 Å². The predicted molar refractivity (Wildman–Crippen MR) is 98.3 cm³/mol. The van der Waals surface area contributed by atoms with Crippen molar-refractivity contribution < 1.29 is 4.98 Å². The van der Waals surface area contributed by atoms with Crippen LogP contribution < -0.4 is 9.88 Å². The minimum absolute atomic E-state index is 0.935. The van der Waals surface area contributed by atoms with Gasteiger partial charge < -0.3 is 0 Å². The van der Waals surface area contributed by atoms with Crippen molar-refractivity contribution in [2.45, 2.75) is 0 Å². The third kappa shape index (κ3) is 3.08. The molecule has 1 fully saturated rings. The Morgan fingerprint density at radius 1 is 0.833 bits per heavy atom. The van der Waals surface area contributed by atoms with E-state index < -0.39 is 0 Å². The van der Waals surface area contributed by atoms with Gasteiger partial charge in [0, 0.05) is 11.6 Å². The van der Waals surface area contributed by atoms with E-state index in [1.54, 1.807) is 0 Å². The van der Waals surface area contributed by atoms with Gasteiger partial charge in [0.1, 0.15) is 13.1 Å². The molecule has 1 saturated heterocycles. The summed E-state index contributed by atoms with van der Waals surface area (Å²) >= 11 is 0. The van der Waals surface area contributed by atoms with Crippen LogP contribution >= 0.6 is 0 Å². The first kappa shape index (κ1) is 14.7. The van der Waals surface area contributed by atoms with Gasteiger partial charge in [0.05, 0.1) is 25.5 Å². The van der Waals surface area contributed by atoms with Gasteiger partial charge in [-0.1, -0.05) is 48.5 Å². The molecule has 0 bridgehead atoms. The van der Waals surface area contributed by atoms with E-state index in [-0.39, 0.29) is 0 Å². The Balaban J connectivity index is 1.44. The number of rotatable bonds is 3. The first-order valence-corrected chi connectivity index (χ1v) is 8.38. The zero-order valence-electron chi connectivity index (χ0n) is 13.6. The van der Waals surface area contributed by atoms with E-state index in [0.717, 1.165) is 26.2 Å². The largest absolute Gasteiger partial charge is 0.289 e. The minimum atomic E-state index is 0.935. The molecule has 1 aliphatic heterocycles. The monoisotopic (exact) mass is 317 g/mol. The Hall–Kier alpha value is -2.88. The number of pyridine rings is 1. The Labute approximate surface area is 142 Å². The molecule has 0 atom stereocenters. The number of benzene rings is 2. The maximum Gasteiger partial charge on any atom is 0.274 e. The van der Waals surface area contributed by atoms with E-state index in [9.17, 15) is 0 Å². The fourth-order valence-corrected chi connectivity index (χ4v) is 3.14. The summed E-state index contributed by atoms with van der Waals surface area (Å²) < 4.78 is 0. The third-order valence-corrected chi connectivity index (χ3v) is 4.47. The van der Waals surface area contributed by atoms with Gasteiger partial charge in [0.2, 0.25) is 0 Å². The molecule has 3 aromatic rings. The van der Waals surface area contributed by atoms with Crippen LogP contribution in [0.5, 0.6) is 0 Å². The van der Waals surface area contributed by atoms with Gasteiger partial charge in [-0.25, -0.2) is 4.98 Å². The van der Waals surface area contributed by atoms with Gasteiger partial charge in [-0.15, -0.1) is 0 Å². The van der Waals surface area contributed by atoms with Crippen molar-refractivity contribution in [1.29, 1.82) is 0 Å². The van der Waals surface area contributed by atoms with Crippen LogP contribution in [0.3, 0.4) is 0 Å². The maximum absolute atomic E-state index is 4.70. The number of hydrazone groups is 1. The average Bonchev–Trinajstić information content (AvgIpc) is 2.67. The number of hydrogen-bond acceptors (Lipinski definition) is 3. The summed E-state index contributed by atoms with van der Waals surface area (Å²) in [5, 5.41) is 9.36. The molecule has 0 amide bonds. The summed E-state index contributed by atoms with van der Waals surface area (Å²) in [5.41, 5.74) is 1.17. The lowest BCUT2D eigenvalue weighted by molar-refractivity contribution is -0.364. The van der Waals surface area contributed by atoms with E-state index in [4.69, 9.17) is 5.10 Å². The van der Waals surface area contributed by atoms with Crippen LogP contribution in [0.25, 0.3) is 10.8 Å². The first-order valence-electron chi connectivity index (χ1n) is 8.38. The number of anilines is 1. The van der Waals surface area contributed by atoms with Gasteiger partial charge in [0.15, 0.2) is 0 Å². The summed E-state index contributed by atoms with van der Waals surface area (Å²) in [6, 6.07) is 21.0. The topological polar surface area (TPSA) is 33.0 Å². The molecule has 120 valence electrons. The Morgan fingerprint density at radius 3 is 2.46 bits per heavy atom. The SMILES string of the molecule is C(=N/N1CCN(c2cccc[nH+]2)CC1)/c1cccc2ccccc12. The van der Waals surface area contributed by atoms with Crippen molar-refractivity contribution in [1.82, 2.24) is 5.01 Å². The van der Waals surface area contributed by atoms with Crippen LogP contribution in [0.4, 0.5) is 5.82 Å². The molecule has 2 heterocycles. The second-order valence-electron chi connectivity index (χ2n) is 6.00. The zero-order chi connectivity index (χ0) is 16.2. The van der Waals surface area contributed by atoms with E-state index in [2.05, 4.69) is 69.5 Å². The number of H-pyrrole nitrogens is 1. The van der Waals surface area contributed by atoms with Crippen molar-refractivity contribution in [2.75, 3.05) is 31.1 Å². The Bertz CT molecular complexity index is 831. The van der Waals surface area contributed by atoms with E-state index in [1.165, 1.54) is 22.2 Å². The summed E-state index contributed by atoms with van der Waals surface area (Å²) in [6.07, 6.45) is 3.97. The van der Waals surface area contributed by atoms with Gasteiger partial charge in [-0.2, -0.15) is 5.10 Å². The molecule has 0 unspecified atom stereocenters. The lowest BCUT2D eigenvalue weighted by Crippen LogP contribution is -2.45. The summed E-state index contributed by atoms with van der Waals surface area (Å²) in [4.78, 5) is 5.66. The predicted octanol–water partition coefficient (Wildman–Crippen LogP) is 2.81. The number of nitrogens with one attached hydrogen (secondary N) is 1. The molecule has 0 radical (unpaired) electrons. The highest BCUT2D eigenvalue weighted by molar-refractivity contribution is 5.99. The lowest BCUT2D eigenvalue weighted by atomic mass is 10.1. The molecular weight excluding hydrogens is 296 g/mol. The van der Waals surface area contributed by atoms with Crippen molar-refractivity contribution >= 4 is 22.8 Å². The smallest absolute Gasteiger partial charge is 0.274 e. The number of nitrogens with zero attached hydrogens (tertiary/aromatic N) is 3. The van der Waals surface area contributed by atoms with Crippen molar-refractivity contribution in [3.63, 3.8) is 0 Å². The standard InChI is InChI=1S/C20H20N4/c1-2-9-19-17(6-1)7-5-8-18(19)16-22-24-14-12-23(13-15-24)20-10-3-4-11-21-20/h1-11,16H,12-15H2/p+1/b22-16-. The zero-order valence-corrected chi connectivity index (χ0v) is 13.6. The van der Waals surface area contributed by atoms with Crippen molar-refractivity contribution in [3.8, 4) is 0 Å². The Morgan fingerprint density at radius 2 is 1.62 bits per heavy atom. The molecule has 0 aliphatic carbocycles. The second kappa shape index (κ2) is 6.71. The molecule has 4 nitrogen and oxygen atoms in total. The highest BCUT2D eigenvalue weighted by Gasteiger charge is 2.21. The number of fused-ring (bicyclic) bond motifs is 1. The summed E-state index contributed by atoms with van der Waals surface area (Å²) in [7, 11) is 0. The fraction of sp³-hybridized carbons (Fsp3) is 0.200. The summed E-state index contributed by atoms with van der Waals surface area (Å²) in [6.45, 7) is 3.83. The van der Waals surface area contributed by atoms with Crippen LogP contribution in [-0.4, -0.2) is 37.4 Å². The van der Waals surface area contributed by atoms with Crippen LogP contribution in [0.2, 0.25) is 0 Å². The summed E-state index contributed by atoms with van der Waals surface area (Å²) in [5.74, 6) is 1.18. The van der Waals surface area contributed by atoms with E-state index in [0.29, 0.717) is 0 Å². The van der Waals surface area contributed by atoms with Crippen LogP contribution in [0.15, 0.2) is 72.0 Å². The van der Waals surface area contributed by atoms with Crippen LogP contribution in [0.1, 0.15) is 5.56 Å². The average molecular weight is 317 g/mol. The lowest BCUT2D eigenvalue weighted by Gasteiger charge is -2.28. The third-order valence-electron chi connectivity index (χ3n) is 4.47. The van der Waals surface area contributed by atoms with Crippen LogP contribution in [-0.2, 0) is 0 Å². The number of piperazine rings is 1. The maximum atomic E-state index is 4.70. The number of hydrogen-bond donors (Lipinski definition) is 0. The normalized spacial score (nSPS) is 15.3. The number of aromatic amines is 1. The molecule has 0 saturated carbocycles. The van der Waals surface area contributed by atoms with E-state index >= 15 is 0 Å². The highest BCUT2D eigenvalue weighted by atomic mass is 15.5. The van der Waals surface area contributed by atoms with E-state index in [1.807, 2.05) is 18.5 Å². The molecule has 4 rings (SSSR count).